The molecule has 0 aliphatic heterocycles. The zero-order valence-corrected chi connectivity index (χ0v) is 13.8. The number of amides is 1. The first-order valence-corrected chi connectivity index (χ1v) is 8.48. The maximum Gasteiger partial charge on any atom is 0.240 e. The molecule has 5 heteroatoms. The molecule has 0 spiro atoms. The van der Waals surface area contributed by atoms with Gasteiger partial charge in [-0.25, -0.2) is 4.98 Å². The van der Waals surface area contributed by atoms with Gasteiger partial charge in [-0.15, -0.1) is 11.3 Å². The monoisotopic (exact) mass is 325 g/mol. The molecule has 3 rings (SSSR count). The van der Waals surface area contributed by atoms with Crippen LogP contribution in [0.2, 0.25) is 0 Å². The summed E-state index contributed by atoms with van der Waals surface area (Å²) in [6.45, 7) is 2.31. The quantitative estimate of drug-likeness (QED) is 0.755. The maximum atomic E-state index is 12.3. The molecule has 1 amide bonds. The van der Waals surface area contributed by atoms with Gasteiger partial charge in [-0.2, -0.15) is 0 Å². The number of aromatic nitrogens is 2. The molecule has 0 unspecified atom stereocenters. The topological polar surface area (TPSA) is 46.9 Å². The molecule has 0 saturated heterocycles. The highest BCUT2D eigenvalue weighted by atomic mass is 32.1. The number of hydrogen-bond donors (Lipinski definition) is 1. The summed E-state index contributed by atoms with van der Waals surface area (Å²) in [6, 6.07) is 14.1. The number of thiophene rings is 1. The van der Waals surface area contributed by atoms with Crippen molar-refractivity contribution < 1.29 is 4.79 Å². The third-order valence-corrected chi connectivity index (χ3v) is 4.45. The summed E-state index contributed by atoms with van der Waals surface area (Å²) in [4.78, 5) is 17.9. The fourth-order valence-corrected chi connectivity index (χ4v) is 3.38. The molecule has 4 nitrogen and oxygen atoms in total. The number of carbonyl (C=O) groups is 1. The van der Waals surface area contributed by atoms with Crippen molar-refractivity contribution in [3.63, 3.8) is 0 Å². The molecule has 0 saturated carbocycles. The minimum absolute atomic E-state index is 0.00392. The zero-order chi connectivity index (χ0) is 16.1. The molecule has 0 fully saturated rings. The zero-order valence-electron chi connectivity index (χ0n) is 13.0. The summed E-state index contributed by atoms with van der Waals surface area (Å²) in [5.41, 5.74) is 1.01. The van der Waals surface area contributed by atoms with E-state index in [0.717, 1.165) is 17.8 Å². The van der Waals surface area contributed by atoms with Crippen LogP contribution in [0.15, 0.2) is 60.2 Å². The summed E-state index contributed by atoms with van der Waals surface area (Å²) in [7, 11) is 0. The molecule has 0 bridgehead atoms. The van der Waals surface area contributed by atoms with Crippen LogP contribution >= 0.6 is 11.3 Å². The summed E-state index contributed by atoms with van der Waals surface area (Å²) < 4.78 is 1.88. The number of hydrogen-bond acceptors (Lipinski definition) is 3. The van der Waals surface area contributed by atoms with Gasteiger partial charge in [0.05, 0.1) is 0 Å². The normalized spacial score (nSPS) is 12.0. The Morgan fingerprint density at radius 1 is 1.26 bits per heavy atom. The van der Waals surface area contributed by atoms with E-state index in [1.165, 1.54) is 4.88 Å². The SMILES string of the molecule is C[C@H](Cc1cccs1)NC(=O)Cn1ccnc1-c1ccccc1. The number of nitrogens with one attached hydrogen (secondary N) is 1. The van der Waals surface area contributed by atoms with E-state index in [-0.39, 0.29) is 18.5 Å². The summed E-state index contributed by atoms with van der Waals surface area (Å²) in [6.07, 6.45) is 4.43. The molecular formula is C18H19N3OS. The van der Waals surface area contributed by atoms with Crippen molar-refractivity contribution in [2.45, 2.75) is 25.9 Å². The maximum absolute atomic E-state index is 12.3. The summed E-state index contributed by atoms with van der Waals surface area (Å²) in [5, 5.41) is 5.11. The van der Waals surface area contributed by atoms with E-state index in [0.29, 0.717) is 0 Å². The van der Waals surface area contributed by atoms with Gasteiger partial charge < -0.3 is 9.88 Å². The smallest absolute Gasteiger partial charge is 0.240 e. The highest BCUT2D eigenvalue weighted by Gasteiger charge is 2.12. The average Bonchev–Trinajstić information content (AvgIpc) is 3.19. The van der Waals surface area contributed by atoms with E-state index in [4.69, 9.17) is 0 Å². The van der Waals surface area contributed by atoms with E-state index in [9.17, 15) is 4.79 Å². The second kappa shape index (κ2) is 7.24. The van der Waals surface area contributed by atoms with Gasteiger partial charge in [0.25, 0.3) is 0 Å². The number of carbonyl (C=O) groups excluding carboxylic acids is 1. The number of imidazole rings is 1. The molecule has 0 radical (unpaired) electrons. The van der Waals surface area contributed by atoms with Gasteiger partial charge in [0.2, 0.25) is 5.91 Å². The number of nitrogens with zero attached hydrogens (tertiary/aromatic N) is 2. The second-order valence-corrected chi connectivity index (χ2v) is 6.53. The molecule has 2 heterocycles. The lowest BCUT2D eigenvalue weighted by atomic mass is 10.2. The van der Waals surface area contributed by atoms with Gasteiger partial charge in [-0.05, 0) is 18.4 Å². The first-order chi connectivity index (χ1) is 11.2. The highest BCUT2D eigenvalue weighted by molar-refractivity contribution is 7.09. The van der Waals surface area contributed by atoms with Crippen molar-refractivity contribution in [2.75, 3.05) is 0 Å². The van der Waals surface area contributed by atoms with Crippen LogP contribution in [0.1, 0.15) is 11.8 Å². The molecule has 2 aromatic heterocycles. The Kier molecular flexibility index (Phi) is 4.88. The fourth-order valence-electron chi connectivity index (χ4n) is 2.54. The number of rotatable bonds is 6. The van der Waals surface area contributed by atoms with E-state index in [1.807, 2.05) is 54.1 Å². The molecule has 23 heavy (non-hydrogen) atoms. The lowest BCUT2D eigenvalue weighted by molar-refractivity contribution is -0.122. The van der Waals surface area contributed by atoms with E-state index >= 15 is 0 Å². The molecule has 1 aromatic carbocycles. The lowest BCUT2D eigenvalue weighted by Gasteiger charge is -2.14. The van der Waals surface area contributed by atoms with Gasteiger partial charge in [-0.3, -0.25) is 4.79 Å². The Labute approximate surface area is 139 Å². The van der Waals surface area contributed by atoms with Crippen molar-refractivity contribution in [2.24, 2.45) is 0 Å². The minimum Gasteiger partial charge on any atom is -0.352 e. The number of benzene rings is 1. The van der Waals surface area contributed by atoms with Gasteiger partial charge in [0.1, 0.15) is 12.4 Å². The summed E-state index contributed by atoms with van der Waals surface area (Å²) in [5.74, 6) is 0.816. The van der Waals surface area contributed by atoms with Crippen LogP contribution in [0.3, 0.4) is 0 Å². The van der Waals surface area contributed by atoms with E-state index < -0.39 is 0 Å². The highest BCUT2D eigenvalue weighted by Crippen LogP contribution is 2.16. The van der Waals surface area contributed by atoms with Crippen molar-refractivity contribution in [1.29, 1.82) is 0 Å². The van der Waals surface area contributed by atoms with Crippen LogP contribution in [-0.2, 0) is 17.8 Å². The van der Waals surface area contributed by atoms with Crippen molar-refractivity contribution in [3.8, 4) is 11.4 Å². The van der Waals surface area contributed by atoms with Gasteiger partial charge in [0.15, 0.2) is 0 Å². The van der Waals surface area contributed by atoms with Crippen molar-refractivity contribution >= 4 is 17.2 Å². The van der Waals surface area contributed by atoms with Crippen LogP contribution < -0.4 is 5.32 Å². The molecule has 118 valence electrons. The third-order valence-electron chi connectivity index (χ3n) is 3.56. The van der Waals surface area contributed by atoms with Gasteiger partial charge in [0, 0.05) is 35.3 Å². The molecule has 1 atom stereocenters. The average molecular weight is 325 g/mol. The fraction of sp³-hybridized carbons (Fsp3) is 0.222. The molecule has 0 aliphatic carbocycles. The van der Waals surface area contributed by atoms with Crippen molar-refractivity contribution in [1.82, 2.24) is 14.9 Å². The molecular weight excluding hydrogens is 306 g/mol. The predicted molar refractivity (Wildman–Crippen MR) is 93.3 cm³/mol. The Hall–Kier alpha value is -2.40. The Morgan fingerprint density at radius 2 is 2.09 bits per heavy atom. The van der Waals surface area contributed by atoms with E-state index in [2.05, 4.69) is 21.7 Å². The largest absolute Gasteiger partial charge is 0.352 e. The van der Waals surface area contributed by atoms with E-state index in [1.54, 1.807) is 17.5 Å². The predicted octanol–water partition coefficient (Wildman–Crippen LogP) is 3.36. The summed E-state index contributed by atoms with van der Waals surface area (Å²) >= 11 is 1.72. The first kappa shape index (κ1) is 15.5. The molecule has 0 aliphatic rings. The van der Waals surface area contributed by atoms with Crippen LogP contribution in [0.4, 0.5) is 0 Å². The molecule has 1 N–H and O–H groups in total. The van der Waals surface area contributed by atoms with Crippen LogP contribution in [-0.4, -0.2) is 21.5 Å². The van der Waals surface area contributed by atoms with Crippen molar-refractivity contribution in [3.05, 3.63) is 65.1 Å². The minimum atomic E-state index is 0.00392. The Bertz CT molecular complexity index is 750. The Morgan fingerprint density at radius 3 is 2.83 bits per heavy atom. The lowest BCUT2D eigenvalue weighted by Crippen LogP contribution is -2.36. The van der Waals surface area contributed by atoms with Gasteiger partial charge in [-0.1, -0.05) is 36.4 Å². The van der Waals surface area contributed by atoms with Crippen LogP contribution in [0, 0.1) is 0 Å². The standard InChI is InChI=1S/C18H19N3OS/c1-14(12-16-8-5-11-23-16)20-17(22)13-21-10-9-19-18(21)15-6-3-2-4-7-15/h2-11,14H,12-13H2,1H3,(H,20,22)/t14-/m1/s1. The second-order valence-electron chi connectivity index (χ2n) is 5.50. The Balaban J connectivity index is 1.61. The van der Waals surface area contributed by atoms with Gasteiger partial charge >= 0.3 is 0 Å². The van der Waals surface area contributed by atoms with Crippen LogP contribution in [0.5, 0.6) is 0 Å². The third kappa shape index (κ3) is 4.07. The molecule has 3 aromatic rings. The first-order valence-electron chi connectivity index (χ1n) is 7.60. The van der Waals surface area contributed by atoms with Crippen LogP contribution in [0.25, 0.3) is 11.4 Å².